The van der Waals surface area contributed by atoms with Crippen LogP contribution in [0.3, 0.4) is 0 Å². The van der Waals surface area contributed by atoms with E-state index in [1.54, 1.807) is 0 Å². The lowest BCUT2D eigenvalue weighted by Gasteiger charge is -1.98. The monoisotopic (exact) mass is 175 g/mol. The van der Waals surface area contributed by atoms with Crippen LogP contribution in [0.4, 0.5) is 0 Å². The third kappa shape index (κ3) is 1.30. The van der Waals surface area contributed by atoms with E-state index in [0.29, 0.717) is 5.88 Å². The lowest BCUT2D eigenvalue weighted by molar-refractivity contribution is 1.42. The third-order valence-electron chi connectivity index (χ3n) is 1.88. The lowest BCUT2D eigenvalue weighted by atomic mass is 10.1. The van der Waals surface area contributed by atoms with Crippen molar-refractivity contribution in [2.75, 3.05) is 0 Å². The molecule has 12 heavy (non-hydrogen) atoms. The molecule has 0 aliphatic heterocycles. The first-order valence-electron chi connectivity index (χ1n) is 3.85. The fourth-order valence-electron chi connectivity index (χ4n) is 1.25. The Balaban J connectivity index is 2.67. The Hall–Kier alpha value is -1.01. The van der Waals surface area contributed by atoms with E-state index in [4.69, 9.17) is 11.6 Å². The van der Waals surface area contributed by atoms with Gasteiger partial charge in [-0.1, -0.05) is 24.3 Å². The predicted octanol–water partition coefficient (Wildman–Crippen LogP) is 3.38. The van der Waals surface area contributed by atoms with Crippen LogP contribution >= 0.6 is 11.6 Å². The van der Waals surface area contributed by atoms with Gasteiger partial charge in [0.05, 0.1) is 0 Å². The third-order valence-corrected chi connectivity index (χ3v) is 2.17. The van der Waals surface area contributed by atoms with Crippen molar-refractivity contribution in [3.05, 3.63) is 48.0 Å². The predicted molar refractivity (Wildman–Crippen MR) is 52.3 cm³/mol. The number of rotatable bonds is 1. The molecule has 0 heterocycles. The topological polar surface area (TPSA) is 0 Å². The molecule has 2 rings (SSSR count). The standard InChI is InChI=1S/C11H8Cl/c12-8-9-5-6-10-3-1-2-4-11(10)7-9/h1-4,6-7H,8H2. The van der Waals surface area contributed by atoms with Gasteiger partial charge in [0, 0.05) is 5.88 Å². The van der Waals surface area contributed by atoms with E-state index in [1.165, 1.54) is 10.8 Å². The van der Waals surface area contributed by atoms with Gasteiger partial charge in [-0.25, -0.2) is 0 Å². The highest BCUT2D eigenvalue weighted by Gasteiger charge is 1.93. The first kappa shape index (κ1) is 7.63. The number of halogens is 1. The van der Waals surface area contributed by atoms with Gasteiger partial charge in [0.2, 0.25) is 0 Å². The minimum absolute atomic E-state index is 0.533. The van der Waals surface area contributed by atoms with E-state index in [-0.39, 0.29) is 0 Å². The fourth-order valence-corrected chi connectivity index (χ4v) is 1.41. The second-order valence-electron chi connectivity index (χ2n) is 2.72. The van der Waals surface area contributed by atoms with Gasteiger partial charge >= 0.3 is 0 Å². The molecule has 1 heteroatoms. The molecule has 0 saturated heterocycles. The van der Waals surface area contributed by atoms with Gasteiger partial charge in [0.15, 0.2) is 0 Å². The van der Waals surface area contributed by atoms with Gasteiger partial charge in [-0.2, -0.15) is 0 Å². The summed E-state index contributed by atoms with van der Waals surface area (Å²) in [6, 6.07) is 15.4. The zero-order valence-corrected chi connectivity index (χ0v) is 7.31. The van der Waals surface area contributed by atoms with Gasteiger partial charge in [0.1, 0.15) is 0 Å². The molecule has 0 bridgehead atoms. The zero-order valence-electron chi connectivity index (χ0n) is 6.55. The lowest BCUT2D eigenvalue weighted by Crippen LogP contribution is -1.78. The van der Waals surface area contributed by atoms with Crippen LogP contribution in [0.1, 0.15) is 5.56 Å². The molecule has 0 aliphatic rings. The molecule has 0 unspecified atom stereocenters. The molecule has 0 spiro atoms. The molecule has 2 aromatic carbocycles. The highest BCUT2D eigenvalue weighted by Crippen LogP contribution is 2.15. The molecule has 0 N–H and O–H groups in total. The van der Waals surface area contributed by atoms with Gasteiger partial charge in [0.25, 0.3) is 0 Å². The van der Waals surface area contributed by atoms with Crippen molar-refractivity contribution < 1.29 is 0 Å². The summed E-state index contributed by atoms with van der Waals surface area (Å²) in [6.45, 7) is 0. The van der Waals surface area contributed by atoms with E-state index in [0.717, 1.165) is 5.56 Å². The van der Waals surface area contributed by atoms with Crippen molar-refractivity contribution in [2.45, 2.75) is 5.88 Å². The van der Waals surface area contributed by atoms with Crippen LogP contribution in [0, 0.1) is 6.07 Å². The quantitative estimate of drug-likeness (QED) is 0.583. The molecule has 2 aromatic rings. The molecular formula is C11H8Cl. The van der Waals surface area contributed by atoms with Crippen molar-refractivity contribution in [3.63, 3.8) is 0 Å². The maximum atomic E-state index is 5.70. The van der Waals surface area contributed by atoms with Crippen molar-refractivity contribution in [1.82, 2.24) is 0 Å². The maximum absolute atomic E-state index is 5.70. The molecule has 1 radical (unpaired) electrons. The molecule has 0 nitrogen and oxygen atoms in total. The Morgan fingerprint density at radius 1 is 1.17 bits per heavy atom. The zero-order chi connectivity index (χ0) is 8.39. The van der Waals surface area contributed by atoms with Crippen molar-refractivity contribution in [1.29, 1.82) is 0 Å². The molecule has 0 atom stereocenters. The first-order chi connectivity index (χ1) is 5.90. The summed E-state index contributed by atoms with van der Waals surface area (Å²) < 4.78 is 0. The van der Waals surface area contributed by atoms with Gasteiger partial charge in [-0.3, -0.25) is 0 Å². The van der Waals surface area contributed by atoms with Crippen LogP contribution in [-0.4, -0.2) is 0 Å². The molecule has 59 valence electrons. The van der Waals surface area contributed by atoms with Crippen LogP contribution in [-0.2, 0) is 5.88 Å². The molecular weight excluding hydrogens is 168 g/mol. The summed E-state index contributed by atoms with van der Waals surface area (Å²) in [6.07, 6.45) is 0. The normalized spacial score (nSPS) is 10.4. The van der Waals surface area contributed by atoms with Crippen LogP contribution < -0.4 is 0 Å². The minimum atomic E-state index is 0.533. The highest BCUT2D eigenvalue weighted by atomic mass is 35.5. The number of hydrogen-bond donors (Lipinski definition) is 0. The first-order valence-corrected chi connectivity index (χ1v) is 4.39. The van der Waals surface area contributed by atoms with Gasteiger partial charge in [-0.05, 0) is 34.5 Å². The van der Waals surface area contributed by atoms with Crippen LogP contribution in [0.2, 0.25) is 0 Å². The molecule has 0 aromatic heterocycles. The van der Waals surface area contributed by atoms with Crippen LogP contribution in [0.5, 0.6) is 0 Å². The Labute approximate surface area is 76.8 Å². The summed E-state index contributed by atoms with van der Waals surface area (Å²) in [7, 11) is 0. The SMILES string of the molecule is ClCc1[c]cc2ccccc2c1. The van der Waals surface area contributed by atoms with Gasteiger partial charge in [-0.15, -0.1) is 11.6 Å². The summed E-state index contributed by atoms with van der Waals surface area (Å²) in [5, 5.41) is 2.44. The maximum Gasteiger partial charge on any atom is 0.0480 e. The number of alkyl halides is 1. The number of hydrogen-bond acceptors (Lipinski definition) is 0. The van der Waals surface area contributed by atoms with Gasteiger partial charge < -0.3 is 0 Å². The molecule has 0 fully saturated rings. The smallest absolute Gasteiger partial charge is 0.0480 e. The Kier molecular flexibility index (Phi) is 2.01. The average Bonchev–Trinajstić information content (AvgIpc) is 2.17. The largest absolute Gasteiger partial charge is 0.122 e. The van der Waals surface area contributed by atoms with E-state index in [1.807, 2.05) is 18.2 Å². The second-order valence-corrected chi connectivity index (χ2v) is 2.99. The number of benzene rings is 2. The van der Waals surface area contributed by atoms with Crippen LogP contribution in [0.25, 0.3) is 10.8 Å². The Bertz CT molecular complexity index is 393. The second kappa shape index (κ2) is 3.16. The average molecular weight is 176 g/mol. The summed E-state index contributed by atoms with van der Waals surface area (Å²) in [5.74, 6) is 0.533. The minimum Gasteiger partial charge on any atom is -0.122 e. The van der Waals surface area contributed by atoms with E-state index in [2.05, 4.69) is 24.3 Å². The van der Waals surface area contributed by atoms with Crippen molar-refractivity contribution in [2.24, 2.45) is 0 Å². The molecule has 0 aliphatic carbocycles. The fraction of sp³-hybridized carbons (Fsp3) is 0.0909. The Morgan fingerprint density at radius 2 is 1.92 bits per heavy atom. The van der Waals surface area contributed by atoms with Crippen LogP contribution in [0.15, 0.2) is 36.4 Å². The number of fused-ring (bicyclic) bond motifs is 1. The van der Waals surface area contributed by atoms with Crippen molar-refractivity contribution in [3.8, 4) is 0 Å². The van der Waals surface area contributed by atoms with E-state index in [9.17, 15) is 0 Å². The molecule has 0 saturated carbocycles. The summed E-state index contributed by atoms with van der Waals surface area (Å²) in [5.41, 5.74) is 1.05. The van der Waals surface area contributed by atoms with Crippen molar-refractivity contribution >= 4 is 22.4 Å². The van der Waals surface area contributed by atoms with E-state index < -0.39 is 0 Å². The Morgan fingerprint density at radius 3 is 2.67 bits per heavy atom. The molecule has 0 amide bonds. The summed E-state index contributed by atoms with van der Waals surface area (Å²) >= 11 is 5.70. The van der Waals surface area contributed by atoms with E-state index >= 15 is 0 Å². The highest BCUT2D eigenvalue weighted by molar-refractivity contribution is 6.17. The summed E-state index contributed by atoms with van der Waals surface area (Å²) in [4.78, 5) is 0.